The van der Waals surface area contributed by atoms with Crippen LogP contribution in [0.3, 0.4) is 0 Å². The number of benzene rings is 1. The molecule has 0 radical (unpaired) electrons. The Morgan fingerprint density at radius 2 is 2.06 bits per heavy atom. The van der Waals surface area contributed by atoms with Gasteiger partial charge in [-0.3, -0.25) is 4.79 Å². The number of hydrogen-bond donors (Lipinski definition) is 1. The zero-order chi connectivity index (χ0) is 22.6. The zero-order valence-electron chi connectivity index (χ0n) is 15.9. The molecule has 5 rings (SSSR count). The highest BCUT2D eigenvalue weighted by atomic mass is 19.4. The Kier molecular flexibility index (Phi) is 4.50. The van der Waals surface area contributed by atoms with Crippen molar-refractivity contribution in [1.29, 1.82) is 0 Å². The van der Waals surface area contributed by atoms with Gasteiger partial charge in [0.2, 0.25) is 11.7 Å². The third-order valence-electron chi connectivity index (χ3n) is 5.15. The summed E-state index contributed by atoms with van der Waals surface area (Å²) in [6.45, 7) is 0.0641. The van der Waals surface area contributed by atoms with Crippen molar-refractivity contribution in [2.24, 2.45) is 0 Å². The summed E-state index contributed by atoms with van der Waals surface area (Å²) in [6.07, 6.45) is -5.16. The van der Waals surface area contributed by atoms with Crippen LogP contribution in [0.5, 0.6) is 0 Å². The van der Waals surface area contributed by atoms with Crippen LogP contribution in [0.15, 0.2) is 39.8 Å². The molecule has 1 amide bonds. The van der Waals surface area contributed by atoms with Gasteiger partial charge in [-0.25, -0.2) is 23.7 Å². The van der Waals surface area contributed by atoms with E-state index in [2.05, 4.69) is 19.9 Å². The van der Waals surface area contributed by atoms with Crippen LogP contribution in [0.4, 0.5) is 22.0 Å². The number of rotatable bonds is 3. The molecule has 1 aliphatic heterocycles. The third kappa shape index (κ3) is 3.20. The number of imidazole rings is 1. The lowest BCUT2D eigenvalue weighted by molar-refractivity contribution is -0.137. The quantitative estimate of drug-likeness (QED) is 0.465. The molecule has 1 aliphatic rings. The average molecular weight is 453 g/mol. The highest BCUT2D eigenvalue weighted by Crippen LogP contribution is 2.37. The number of alkyl halides is 5. The highest BCUT2D eigenvalue weighted by Gasteiger charge is 2.40. The first-order valence-corrected chi connectivity index (χ1v) is 9.26. The van der Waals surface area contributed by atoms with Crippen LogP contribution in [0.2, 0.25) is 0 Å². The molecule has 32 heavy (non-hydrogen) atoms. The fourth-order valence-electron chi connectivity index (χ4n) is 3.68. The summed E-state index contributed by atoms with van der Waals surface area (Å²) >= 11 is 0. The van der Waals surface area contributed by atoms with E-state index < -0.39 is 41.6 Å². The number of aromatic amines is 1. The maximum Gasteiger partial charge on any atom is 0.416 e. The molecule has 4 aromatic rings. The van der Waals surface area contributed by atoms with Gasteiger partial charge in [0.15, 0.2) is 23.7 Å². The summed E-state index contributed by atoms with van der Waals surface area (Å²) in [7, 11) is 0. The van der Waals surface area contributed by atoms with E-state index in [-0.39, 0.29) is 23.5 Å². The molecule has 0 spiro atoms. The van der Waals surface area contributed by atoms with Gasteiger partial charge >= 0.3 is 6.18 Å². The molecule has 1 atom stereocenters. The minimum Gasteiger partial charge on any atom is -0.438 e. The summed E-state index contributed by atoms with van der Waals surface area (Å²) in [5.74, 6) is -1.65. The van der Waals surface area contributed by atoms with Crippen LogP contribution < -0.4 is 0 Å². The van der Waals surface area contributed by atoms with Crippen molar-refractivity contribution in [2.75, 3.05) is 6.54 Å². The van der Waals surface area contributed by atoms with Crippen molar-refractivity contribution >= 4 is 17.0 Å². The lowest BCUT2D eigenvalue weighted by Crippen LogP contribution is -2.41. The molecule has 0 unspecified atom stereocenters. The molecular formula is C19H12F5N5O3. The summed E-state index contributed by atoms with van der Waals surface area (Å²) in [5.41, 5.74) is -0.734. The summed E-state index contributed by atoms with van der Waals surface area (Å²) in [4.78, 5) is 28.9. The Morgan fingerprint density at radius 1 is 1.25 bits per heavy atom. The number of carbonyl (C=O) groups is 1. The molecule has 13 heteroatoms. The molecule has 0 saturated carbocycles. The number of aromatic nitrogens is 4. The fraction of sp³-hybridized carbons (Fsp3) is 0.263. The van der Waals surface area contributed by atoms with E-state index in [1.165, 1.54) is 11.2 Å². The van der Waals surface area contributed by atoms with Crippen LogP contribution >= 0.6 is 0 Å². The van der Waals surface area contributed by atoms with Crippen LogP contribution in [0.1, 0.15) is 51.6 Å². The number of nitrogens with one attached hydrogen (secondary N) is 1. The van der Waals surface area contributed by atoms with Gasteiger partial charge in [-0.2, -0.15) is 13.2 Å². The van der Waals surface area contributed by atoms with Gasteiger partial charge < -0.3 is 18.7 Å². The van der Waals surface area contributed by atoms with Gasteiger partial charge in [-0.05, 0) is 18.2 Å². The number of fused-ring (bicyclic) bond motifs is 2. The van der Waals surface area contributed by atoms with Crippen molar-refractivity contribution in [3.05, 3.63) is 65.2 Å². The fourth-order valence-corrected chi connectivity index (χ4v) is 3.68. The third-order valence-corrected chi connectivity index (χ3v) is 5.15. The van der Waals surface area contributed by atoms with Gasteiger partial charge in [0.05, 0.1) is 17.6 Å². The molecule has 166 valence electrons. The number of halogens is 5. The van der Waals surface area contributed by atoms with E-state index in [1.54, 1.807) is 0 Å². The second-order valence-electron chi connectivity index (χ2n) is 7.02. The Bertz CT molecular complexity index is 1310. The normalized spacial score (nSPS) is 16.7. The monoisotopic (exact) mass is 453 g/mol. The number of nitrogens with zero attached hydrogens (tertiary/aromatic N) is 4. The van der Waals surface area contributed by atoms with E-state index in [0.29, 0.717) is 17.8 Å². The molecule has 4 heterocycles. The highest BCUT2D eigenvalue weighted by molar-refractivity contribution is 5.93. The second-order valence-corrected chi connectivity index (χ2v) is 7.02. The first-order chi connectivity index (χ1) is 15.2. The topological polar surface area (TPSA) is 101 Å². The van der Waals surface area contributed by atoms with Crippen molar-refractivity contribution in [3.8, 4) is 0 Å². The molecule has 3 aromatic heterocycles. The van der Waals surface area contributed by atoms with Gasteiger partial charge in [-0.1, -0.05) is 0 Å². The van der Waals surface area contributed by atoms with E-state index in [1.807, 2.05) is 0 Å². The Balaban J connectivity index is 1.60. The Labute approximate surface area is 175 Å². The number of oxazole rings is 2. The maximum atomic E-state index is 13.2. The van der Waals surface area contributed by atoms with Crippen molar-refractivity contribution in [1.82, 2.24) is 24.8 Å². The molecule has 0 aliphatic carbocycles. The predicted molar refractivity (Wildman–Crippen MR) is 95.6 cm³/mol. The van der Waals surface area contributed by atoms with Crippen LogP contribution in [-0.4, -0.2) is 37.3 Å². The first kappa shape index (κ1) is 20.2. The number of amides is 1. The summed E-state index contributed by atoms with van der Waals surface area (Å²) < 4.78 is 76.2. The lowest BCUT2D eigenvalue weighted by Gasteiger charge is -2.32. The van der Waals surface area contributed by atoms with Gasteiger partial charge in [-0.15, -0.1) is 0 Å². The minimum absolute atomic E-state index is 0.0641. The number of hydrogen-bond acceptors (Lipinski definition) is 6. The summed E-state index contributed by atoms with van der Waals surface area (Å²) in [5, 5.41) is 0. The Morgan fingerprint density at radius 3 is 2.81 bits per heavy atom. The van der Waals surface area contributed by atoms with Crippen molar-refractivity contribution < 1.29 is 35.6 Å². The molecule has 0 saturated heterocycles. The molecule has 0 fully saturated rings. The predicted octanol–water partition coefficient (Wildman–Crippen LogP) is 4.28. The first-order valence-electron chi connectivity index (χ1n) is 9.26. The largest absolute Gasteiger partial charge is 0.438 e. The molecule has 1 aromatic carbocycles. The van der Waals surface area contributed by atoms with E-state index in [9.17, 15) is 26.7 Å². The molecule has 0 bridgehead atoms. The van der Waals surface area contributed by atoms with Crippen LogP contribution in [0.25, 0.3) is 11.1 Å². The maximum absolute atomic E-state index is 13.2. The molecule has 1 N–H and O–H groups in total. The zero-order valence-corrected chi connectivity index (χ0v) is 15.9. The lowest BCUT2D eigenvalue weighted by atomic mass is 10.0. The van der Waals surface area contributed by atoms with E-state index in [4.69, 9.17) is 8.83 Å². The minimum atomic E-state index is -4.58. The van der Waals surface area contributed by atoms with Gasteiger partial charge in [0.25, 0.3) is 12.3 Å². The van der Waals surface area contributed by atoms with Crippen LogP contribution in [0, 0.1) is 0 Å². The average Bonchev–Trinajstić information content (AvgIpc) is 3.49. The smallest absolute Gasteiger partial charge is 0.416 e. The van der Waals surface area contributed by atoms with E-state index >= 15 is 0 Å². The van der Waals surface area contributed by atoms with Crippen molar-refractivity contribution in [3.63, 3.8) is 0 Å². The van der Waals surface area contributed by atoms with E-state index in [0.717, 1.165) is 24.6 Å². The SMILES string of the molecule is O=C(c1ocnc1C(F)F)N1CCc2[nH]cnc2[C@H]1c1nc2cc(C(F)(F)F)ccc2o1. The molecule has 8 nitrogen and oxygen atoms in total. The van der Waals surface area contributed by atoms with Gasteiger partial charge in [0, 0.05) is 18.7 Å². The Hall–Kier alpha value is -3.77. The number of H-pyrrole nitrogens is 1. The van der Waals surface area contributed by atoms with Crippen LogP contribution in [-0.2, 0) is 12.6 Å². The standard InChI is InChI=1S/C19H12F5N5O3/c20-16(21)13-15(31-7-27-13)18(30)29-4-3-9-12(26-6-25-9)14(29)17-28-10-5-8(19(22,23)24)1-2-11(10)32-17/h1-2,5-7,14,16H,3-4H2,(H,25,26)/t14-/m0/s1. The second kappa shape index (κ2) is 7.14. The number of carbonyl (C=O) groups excluding carboxylic acids is 1. The van der Waals surface area contributed by atoms with Gasteiger partial charge in [0.1, 0.15) is 5.52 Å². The van der Waals surface area contributed by atoms with Crippen molar-refractivity contribution in [2.45, 2.75) is 25.1 Å². The summed E-state index contributed by atoms with van der Waals surface area (Å²) in [6, 6.07) is 1.73. The molecular weight excluding hydrogens is 441 g/mol.